The van der Waals surface area contributed by atoms with Crippen molar-refractivity contribution in [3.05, 3.63) is 63.8 Å². The predicted octanol–water partition coefficient (Wildman–Crippen LogP) is 5.11. The minimum Gasteiger partial charge on any atom is -0.508 e. The number of halogens is 2. The molecule has 0 fully saturated rings. The van der Waals surface area contributed by atoms with E-state index in [1.54, 1.807) is 38.1 Å². The summed E-state index contributed by atoms with van der Waals surface area (Å²) in [4.78, 5) is 18.0. The highest BCUT2D eigenvalue weighted by Gasteiger charge is 2.40. The van der Waals surface area contributed by atoms with Crippen LogP contribution in [0.15, 0.2) is 48.2 Å². The smallest absolute Gasteiger partial charge is 0.281 e. The van der Waals surface area contributed by atoms with E-state index in [-0.39, 0.29) is 11.3 Å². The molecule has 1 aliphatic rings. The molecule has 0 aliphatic carbocycles. The lowest BCUT2D eigenvalue weighted by Gasteiger charge is -2.36. The molecule has 0 unspecified atom stereocenters. The third-order valence-corrected chi connectivity index (χ3v) is 4.67. The van der Waals surface area contributed by atoms with Gasteiger partial charge in [0.25, 0.3) is 5.91 Å². The Morgan fingerprint density at radius 2 is 1.64 bits per heavy atom. The van der Waals surface area contributed by atoms with E-state index in [2.05, 4.69) is 0 Å². The van der Waals surface area contributed by atoms with Crippen molar-refractivity contribution in [2.24, 2.45) is 0 Å². The second-order valence-corrected chi connectivity index (χ2v) is 7.17. The van der Waals surface area contributed by atoms with E-state index in [1.165, 1.54) is 7.05 Å². The van der Waals surface area contributed by atoms with E-state index >= 15 is 0 Å². The van der Waals surface area contributed by atoms with Gasteiger partial charge < -0.3 is 5.11 Å². The fourth-order valence-corrected chi connectivity index (χ4v) is 3.11. The first-order chi connectivity index (χ1) is 11.7. The molecule has 0 saturated heterocycles. The molecule has 25 heavy (non-hydrogen) atoms. The molecule has 1 N–H and O–H groups in total. The van der Waals surface area contributed by atoms with Gasteiger partial charge in [-0.3, -0.25) is 9.63 Å². The van der Waals surface area contributed by atoms with Crippen LogP contribution in [-0.2, 0) is 9.63 Å². The van der Waals surface area contributed by atoms with Crippen LogP contribution < -0.4 is 0 Å². The van der Waals surface area contributed by atoms with Crippen molar-refractivity contribution in [3.8, 4) is 11.1 Å². The number of amides is 1. The van der Waals surface area contributed by atoms with Gasteiger partial charge in [0.1, 0.15) is 11.4 Å². The molecular weight excluding hydrogens is 361 g/mol. The van der Waals surface area contributed by atoms with Gasteiger partial charge in [-0.15, -0.1) is 0 Å². The molecule has 0 bridgehead atoms. The fraction of sp³-hybridized carbons (Fsp3) is 0.211. The molecule has 4 nitrogen and oxygen atoms in total. The number of hydrogen-bond acceptors (Lipinski definition) is 3. The Kier molecular flexibility index (Phi) is 4.54. The molecule has 0 spiro atoms. The Labute approximate surface area is 156 Å². The second kappa shape index (κ2) is 6.37. The van der Waals surface area contributed by atoms with E-state index in [4.69, 9.17) is 28.0 Å². The topological polar surface area (TPSA) is 49.8 Å². The molecule has 130 valence electrons. The highest BCUT2D eigenvalue weighted by Crippen LogP contribution is 2.38. The van der Waals surface area contributed by atoms with Gasteiger partial charge in [-0.1, -0.05) is 41.4 Å². The van der Waals surface area contributed by atoms with Gasteiger partial charge in [0, 0.05) is 22.7 Å². The summed E-state index contributed by atoms with van der Waals surface area (Å²) >= 11 is 12.3. The maximum absolute atomic E-state index is 12.6. The molecule has 3 rings (SSSR count). The summed E-state index contributed by atoms with van der Waals surface area (Å²) in [6.07, 6.45) is 0. The molecule has 0 saturated carbocycles. The third-order valence-electron chi connectivity index (χ3n) is 4.09. The standard InChI is InChI=1S/C19H17Cl2NO3/c1-19(2)17(23)16(18(24)22(3)25-19)14-10-12(6-9-15(14)21)11-4-7-13(20)8-5-11/h4-10,23H,1-3H3. The summed E-state index contributed by atoms with van der Waals surface area (Å²) in [7, 11) is 1.51. The average molecular weight is 378 g/mol. The van der Waals surface area contributed by atoms with Crippen LogP contribution in [0.3, 0.4) is 0 Å². The summed E-state index contributed by atoms with van der Waals surface area (Å²) in [6.45, 7) is 3.37. The summed E-state index contributed by atoms with van der Waals surface area (Å²) in [6, 6.07) is 12.7. The first-order valence-electron chi connectivity index (χ1n) is 7.67. The Bertz CT molecular complexity index is 873. The van der Waals surface area contributed by atoms with Gasteiger partial charge in [0.2, 0.25) is 0 Å². The Balaban J connectivity index is 2.18. The van der Waals surface area contributed by atoms with Crippen molar-refractivity contribution < 1.29 is 14.7 Å². The third kappa shape index (κ3) is 3.25. The highest BCUT2D eigenvalue weighted by atomic mass is 35.5. The zero-order valence-electron chi connectivity index (χ0n) is 14.0. The number of likely N-dealkylation sites (N-methyl/N-ethyl adjacent to an activating group) is 1. The first-order valence-corrected chi connectivity index (χ1v) is 8.43. The van der Waals surface area contributed by atoms with E-state index in [1.807, 2.05) is 18.2 Å². The number of rotatable bonds is 2. The molecule has 0 atom stereocenters. The quantitative estimate of drug-likeness (QED) is 0.790. The van der Waals surface area contributed by atoms with Crippen LogP contribution in [-0.4, -0.2) is 28.7 Å². The Hall–Kier alpha value is -2.01. The number of aliphatic hydroxyl groups is 1. The van der Waals surface area contributed by atoms with Crippen molar-refractivity contribution in [1.82, 2.24) is 5.06 Å². The summed E-state index contributed by atoms with van der Waals surface area (Å²) < 4.78 is 0. The molecule has 1 amide bonds. The number of hydroxylamine groups is 2. The van der Waals surface area contributed by atoms with Crippen LogP contribution in [0.5, 0.6) is 0 Å². The van der Waals surface area contributed by atoms with Crippen molar-refractivity contribution >= 4 is 34.7 Å². The first kappa shape index (κ1) is 17.8. The monoisotopic (exact) mass is 377 g/mol. The molecule has 0 radical (unpaired) electrons. The molecule has 2 aromatic rings. The summed E-state index contributed by atoms with van der Waals surface area (Å²) in [5, 5.41) is 12.7. The predicted molar refractivity (Wildman–Crippen MR) is 99.4 cm³/mol. The second-order valence-electron chi connectivity index (χ2n) is 6.33. The summed E-state index contributed by atoms with van der Waals surface area (Å²) in [5.74, 6) is -0.599. The number of aliphatic hydroxyl groups excluding tert-OH is 1. The van der Waals surface area contributed by atoms with E-state index in [9.17, 15) is 9.90 Å². The van der Waals surface area contributed by atoms with Crippen molar-refractivity contribution in [1.29, 1.82) is 0 Å². The number of nitrogens with zero attached hydrogens (tertiary/aromatic N) is 1. The van der Waals surface area contributed by atoms with Crippen molar-refractivity contribution in [3.63, 3.8) is 0 Å². The lowest BCUT2D eigenvalue weighted by Crippen LogP contribution is -2.45. The van der Waals surface area contributed by atoms with Crippen LogP contribution in [0.4, 0.5) is 0 Å². The SMILES string of the molecule is CN1OC(C)(C)C(O)=C(c2cc(-c3ccc(Cl)cc3)ccc2Cl)C1=O. The maximum atomic E-state index is 12.6. The zero-order valence-corrected chi connectivity index (χ0v) is 15.5. The minimum atomic E-state index is -1.03. The van der Waals surface area contributed by atoms with Gasteiger partial charge >= 0.3 is 0 Å². The molecule has 2 aromatic carbocycles. The van der Waals surface area contributed by atoms with Crippen LogP contribution in [0.1, 0.15) is 19.4 Å². The van der Waals surface area contributed by atoms with Gasteiger partial charge in [0.15, 0.2) is 0 Å². The van der Waals surface area contributed by atoms with Crippen LogP contribution in [0.25, 0.3) is 16.7 Å². The van der Waals surface area contributed by atoms with Gasteiger partial charge in [-0.2, -0.15) is 0 Å². The lowest BCUT2D eigenvalue weighted by atomic mass is 9.92. The molecule has 1 heterocycles. The number of carbonyl (C=O) groups excluding carboxylic acids is 1. The highest BCUT2D eigenvalue weighted by molar-refractivity contribution is 6.35. The van der Waals surface area contributed by atoms with Gasteiger partial charge in [0.05, 0.1) is 5.57 Å². The number of benzene rings is 2. The van der Waals surface area contributed by atoms with Crippen LogP contribution in [0, 0.1) is 0 Å². The minimum absolute atomic E-state index is 0.138. The molecule has 6 heteroatoms. The molecular formula is C19H17Cl2NO3. The van der Waals surface area contributed by atoms with Crippen molar-refractivity contribution in [2.45, 2.75) is 19.4 Å². The molecule has 1 aliphatic heterocycles. The normalized spacial score (nSPS) is 17.2. The molecule has 0 aromatic heterocycles. The number of carbonyl (C=O) groups is 1. The van der Waals surface area contributed by atoms with Crippen LogP contribution in [0.2, 0.25) is 10.0 Å². The maximum Gasteiger partial charge on any atom is 0.281 e. The van der Waals surface area contributed by atoms with Crippen LogP contribution >= 0.6 is 23.2 Å². The van der Waals surface area contributed by atoms with E-state index in [0.29, 0.717) is 15.6 Å². The Morgan fingerprint density at radius 3 is 2.28 bits per heavy atom. The fourth-order valence-electron chi connectivity index (χ4n) is 2.77. The number of hydrogen-bond donors (Lipinski definition) is 1. The summed E-state index contributed by atoms with van der Waals surface area (Å²) in [5.41, 5.74) is 1.35. The zero-order chi connectivity index (χ0) is 18.4. The Morgan fingerprint density at radius 1 is 1.04 bits per heavy atom. The van der Waals surface area contributed by atoms with Crippen molar-refractivity contribution in [2.75, 3.05) is 7.05 Å². The van der Waals surface area contributed by atoms with E-state index in [0.717, 1.165) is 16.2 Å². The largest absolute Gasteiger partial charge is 0.508 e. The van der Waals surface area contributed by atoms with E-state index < -0.39 is 11.5 Å². The van der Waals surface area contributed by atoms with Gasteiger partial charge in [-0.25, -0.2) is 5.06 Å². The lowest BCUT2D eigenvalue weighted by molar-refractivity contribution is -0.218. The van der Waals surface area contributed by atoms with Gasteiger partial charge in [-0.05, 0) is 49.2 Å². The average Bonchev–Trinajstić information content (AvgIpc) is 2.55.